The number of nitrogens with zero attached hydrogens (tertiary/aromatic N) is 2. The Labute approximate surface area is 136 Å². The highest BCUT2D eigenvalue weighted by Gasteiger charge is 2.19. The number of hydrogen-bond acceptors (Lipinski definition) is 5. The van der Waals surface area contributed by atoms with E-state index in [1.807, 2.05) is 30.3 Å². The molecule has 2 aromatic carbocycles. The molecule has 0 fully saturated rings. The molecule has 0 atom stereocenters. The van der Waals surface area contributed by atoms with E-state index in [1.165, 1.54) is 0 Å². The van der Waals surface area contributed by atoms with Crippen molar-refractivity contribution in [2.45, 2.75) is 6.42 Å². The van der Waals surface area contributed by atoms with Gasteiger partial charge in [-0.1, -0.05) is 58.6 Å². The number of para-hydroxylation sites is 1. The van der Waals surface area contributed by atoms with Crippen LogP contribution in [0.5, 0.6) is 5.75 Å². The van der Waals surface area contributed by atoms with Crippen LogP contribution in [0.4, 0.5) is 0 Å². The van der Waals surface area contributed by atoms with Crippen molar-refractivity contribution in [1.29, 1.82) is 0 Å². The van der Waals surface area contributed by atoms with Crippen LogP contribution in [0.2, 0.25) is 5.02 Å². The van der Waals surface area contributed by atoms with Gasteiger partial charge in [0.1, 0.15) is 5.75 Å². The van der Waals surface area contributed by atoms with Crippen LogP contribution in [0.1, 0.15) is 20.9 Å². The van der Waals surface area contributed by atoms with E-state index < -0.39 is 5.97 Å². The van der Waals surface area contributed by atoms with E-state index in [0.29, 0.717) is 27.8 Å². The number of carbonyl (C=O) groups excluding carboxylic acids is 1. The van der Waals surface area contributed by atoms with Crippen molar-refractivity contribution in [2.24, 2.45) is 0 Å². The summed E-state index contributed by atoms with van der Waals surface area (Å²) >= 11 is 7.02. The van der Waals surface area contributed by atoms with Crippen LogP contribution < -0.4 is 4.74 Å². The van der Waals surface area contributed by atoms with Gasteiger partial charge in [-0.25, -0.2) is 4.79 Å². The molecule has 0 aliphatic heterocycles. The van der Waals surface area contributed by atoms with E-state index >= 15 is 0 Å². The predicted molar refractivity (Wildman–Crippen MR) is 85.6 cm³/mol. The van der Waals surface area contributed by atoms with Gasteiger partial charge in [-0.15, -0.1) is 5.10 Å². The Hall–Kier alpha value is -2.24. The number of ether oxygens (including phenoxy) is 1. The highest BCUT2D eigenvalue weighted by Crippen LogP contribution is 2.25. The number of carbonyl (C=O) groups is 1. The number of esters is 1. The third-order valence-electron chi connectivity index (χ3n) is 2.99. The first kappa shape index (κ1) is 14.7. The molecule has 0 aliphatic rings. The molecule has 1 heterocycles. The van der Waals surface area contributed by atoms with Gasteiger partial charge >= 0.3 is 5.97 Å². The normalized spacial score (nSPS) is 10.4. The predicted octanol–water partition coefficient (Wildman–Crippen LogP) is 4.00. The lowest BCUT2D eigenvalue weighted by Crippen LogP contribution is -2.10. The minimum Gasteiger partial charge on any atom is -0.421 e. The number of halogens is 1. The molecule has 1 aromatic heterocycles. The molecule has 0 amide bonds. The second kappa shape index (κ2) is 6.68. The summed E-state index contributed by atoms with van der Waals surface area (Å²) in [7, 11) is 0. The summed E-state index contributed by atoms with van der Waals surface area (Å²) in [5, 5.41) is 4.42. The monoisotopic (exact) mass is 330 g/mol. The summed E-state index contributed by atoms with van der Waals surface area (Å²) in [5.74, 6) is -0.165. The third kappa shape index (κ3) is 3.32. The number of aromatic nitrogens is 2. The molecule has 0 bridgehead atoms. The third-order valence-corrected chi connectivity index (χ3v) is 4.06. The Bertz CT molecular complexity index is 790. The van der Waals surface area contributed by atoms with E-state index in [-0.39, 0.29) is 0 Å². The fourth-order valence-corrected chi connectivity index (χ4v) is 2.67. The largest absolute Gasteiger partial charge is 0.421 e. The van der Waals surface area contributed by atoms with Crippen molar-refractivity contribution in [2.75, 3.05) is 0 Å². The molecule has 110 valence electrons. The Balaban J connectivity index is 1.79. The van der Waals surface area contributed by atoms with Gasteiger partial charge in [-0.2, -0.15) is 0 Å². The fraction of sp³-hybridized carbons (Fsp3) is 0.0625. The first-order valence-electron chi connectivity index (χ1n) is 6.56. The molecule has 0 spiro atoms. The molecule has 6 heteroatoms. The van der Waals surface area contributed by atoms with Crippen LogP contribution in [0.25, 0.3) is 0 Å². The summed E-state index contributed by atoms with van der Waals surface area (Å²) in [6, 6.07) is 16.6. The van der Waals surface area contributed by atoms with Crippen LogP contribution in [0.15, 0.2) is 54.6 Å². The zero-order valence-electron chi connectivity index (χ0n) is 11.4. The summed E-state index contributed by atoms with van der Waals surface area (Å²) in [5.41, 5.74) is 1.66. The first-order chi connectivity index (χ1) is 10.7. The SMILES string of the molecule is O=C(Oc1ccccc1Cl)c1snnc1Cc1ccccc1. The first-order valence-corrected chi connectivity index (χ1v) is 7.71. The van der Waals surface area contributed by atoms with Crippen molar-refractivity contribution < 1.29 is 9.53 Å². The quantitative estimate of drug-likeness (QED) is 0.536. The highest BCUT2D eigenvalue weighted by atomic mass is 35.5. The molecule has 0 unspecified atom stereocenters. The van der Waals surface area contributed by atoms with Gasteiger partial charge in [0, 0.05) is 6.42 Å². The molecule has 0 saturated carbocycles. The Morgan fingerprint density at radius 1 is 1.09 bits per heavy atom. The van der Waals surface area contributed by atoms with Crippen LogP contribution in [-0.4, -0.2) is 15.6 Å². The van der Waals surface area contributed by atoms with Gasteiger partial charge in [-0.3, -0.25) is 0 Å². The van der Waals surface area contributed by atoms with E-state index in [9.17, 15) is 4.79 Å². The smallest absolute Gasteiger partial charge is 0.357 e. The van der Waals surface area contributed by atoms with Crippen molar-refractivity contribution >= 4 is 29.1 Å². The van der Waals surface area contributed by atoms with Crippen molar-refractivity contribution in [3.05, 3.63) is 75.8 Å². The van der Waals surface area contributed by atoms with Gasteiger partial charge < -0.3 is 4.74 Å². The number of hydrogen-bond donors (Lipinski definition) is 0. The van der Waals surface area contributed by atoms with Crippen LogP contribution >= 0.6 is 23.1 Å². The Kier molecular flexibility index (Phi) is 4.46. The van der Waals surface area contributed by atoms with E-state index in [1.54, 1.807) is 24.3 Å². The summed E-state index contributed by atoms with van der Waals surface area (Å²) in [6.45, 7) is 0. The molecule has 0 N–H and O–H groups in total. The summed E-state index contributed by atoms with van der Waals surface area (Å²) in [6.07, 6.45) is 0.532. The topological polar surface area (TPSA) is 52.1 Å². The lowest BCUT2D eigenvalue weighted by atomic mass is 10.1. The molecule has 4 nitrogen and oxygen atoms in total. The minimum absolute atomic E-state index is 0.327. The molecule has 0 radical (unpaired) electrons. The van der Waals surface area contributed by atoms with Crippen molar-refractivity contribution in [3.63, 3.8) is 0 Å². The molecular formula is C16H11ClN2O2S. The fourth-order valence-electron chi connectivity index (χ4n) is 1.94. The maximum atomic E-state index is 12.3. The maximum Gasteiger partial charge on any atom is 0.357 e. The van der Waals surface area contributed by atoms with Gasteiger partial charge in [0.25, 0.3) is 0 Å². The maximum absolute atomic E-state index is 12.3. The standard InChI is InChI=1S/C16H11ClN2O2S/c17-12-8-4-5-9-14(12)21-16(20)15-13(18-19-22-15)10-11-6-2-1-3-7-11/h1-9H,10H2. The Morgan fingerprint density at radius 2 is 1.82 bits per heavy atom. The molecule has 0 aliphatic carbocycles. The van der Waals surface area contributed by atoms with Gasteiger partial charge in [0.05, 0.1) is 10.7 Å². The molecule has 22 heavy (non-hydrogen) atoms. The zero-order chi connectivity index (χ0) is 15.4. The van der Waals surface area contributed by atoms with Crippen molar-refractivity contribution in [1.82, 2.24) is 9.59 Å². The molecule has 3 aromatic rings. The second-order valence-corrected chi connectivity index (χ2v) is 5.69. The highest BCUT2D eigenvalue weighted by molar-refractivity contribution is 7.07. The van der Waals surface area contributed by atoms with E-state index in [4.69, 9.17) is 16.3 Å². The number of benzene rings is 2. The van der Waals surface area contributed by atoms with Crippen LogP contribution in [-0.2, 0) is 6.42 Å². The van der Waals surface area contributed by atoms with E-state index in [2.05, 4.69) is 9.59 Å². The Morgan fingerprint density at radius 3 is 2.59 bits per heavy atom. The minimum atomic E-state index is -0.492. The average molecular weight is 331 g/mol. The van der Waals surface area contributed by atoms with E-state index in [0.717, 1.165) is 17.1 Å². The van der Waals surface area contributed by atoms with Gasteiger partial charge in [-0.05, 0) is 29.2 Å². The van der Waals surface area contributed by atoms with Gasteiger partial charge in [0.15, 0.2) is 4.88 Å². The summed E-state index contributed by atoms with van der Waals surface area (Å²) < 4.78 is 9.19. The second-order valence-electron chi connectivity index (χ2n) is 4.53. The van der Waals surface area contributed by atoms with Crippen LogP contribution in [0.3, 0.4) is 0 Å². The molecular weight excluding hydrogens is 320 g/mol. The lowest BCUT2D eigenvalue weighted by Gasteiger charge is -2.05. The van der Waals surface area contributed by atoms with Gasteiger partial charge in [0.2, 0.25) is 0 Å². The van der Waals surface area contributed by atoms with Crippen molar-refractivity contribution in [3.8, 4) is 5.75 Å². The lowest BCUT2D eigenvalue weighted by molar-refractivity contribution is 0.0738. The summed E-state index contributed by atoms with van der Waals surface area (Å²) in [4.78, 5) is 12.7. The zero-order valence-corrected chi connectivity index (χ0v) is 13.0. The van der Waals surface area contributed by atoms with Crippen LogP contribution in [0, 0.1) is 0 Å². The number of rotatable bonds is 4. The molecule has 0 saturated heterocycles. The molecule has 3 rings (SSSR count). The average Bonchev–Trinajstić information content (AvgIpc) is 2.99.